The molecular formula is C20H26ClN3O3S. The minimum absolute atomic E-state index is 0.0540. The van der Waals surface area contributed by atoms with Gasteiger partial charge < -0.3 is 9.64 Å². The lowest BCUT2D eigenvalue weighted by Crippen LogP contribution is -2.48. The second-order valence-electron chi connectivity index (χ2n) is 6.93. The van der Waals surface area contributed by atoms with Gasteiger partial charge in [0.1, 0.15) is 5.75 Å². The summed E-state index contributed by atoms with van der Waals surface area (Å²) in [5, 5.41) is 0.507. The van der Waals surface area contributed by atoms with Crippen LogP contribution in [0.1, 0.15) is 11.6 Å². The van der Waals surface area contributed by atoms with Crippen LogP contribution < -0.4 is 9.46 Å². The molecule has 0 unspecified atom stereocenters. The van der Waals surface area contributed by atoms with Gasteiger partial charge in [0.2, 0.25) is 10.0 Å². The Morgan fingerprint density at radius 3 is 2.21 bits per heavy atom. The maximum atomic E-state index is 12.7. The van der Waals surface area contributed by atoms with Crippen molar-refractivity contribution >= 4 is 21.6 Å². The predicted octanol–water partition coefficient (Wildman–Crippen LogP) is 2.62. The Hall–Kier alpha value is -1.64. The van der Waals surface area contributed by atoms with Crippen LogP contribution in [0.15, 0.2) is 53.4 Å². The molecule has 3 rings (SSSR count). The van der Waals surface area contributed by atoms with Crippen molar-refractivity contribution in [2.75, 3.05) is 46.9 Å². The standard InChI is InChI=1S/C20H26ClN3O3S/c1-23-11-13-24(14-12-23)20(16-3-7-18(27-2)8-4-16)15-22-28(25,26)19-9-5-17(21)6-10-19/h3-10,20,22H,11-15H2,1-2H3/t20-/m0/s1. The molecule has 1 aliphatic rings. The molecule has 0 amide bonds. The smallest absolute Gasteiger partial charge is 0.240 e. The van der Waals surface area contributed by atoms with Gasteiger partial charge in [-0.15, -0.1) is 0 Å². The lowest BCUT2D eigenvalue weighted by Gasteiger charge is -2.38. The number of nitrogens with one attached hydrogen (secondary N) is 1. The van der Waals surface area contributed by atoms with Crippen molar-refractivity contribution in [3.63, 3.8) is 0 Å². The molecule has 152 valence electrons. The number of hydrogen-bond donors (Lipinski definition) is 1. The van der Waals surface area contributed by atoms with Crippen molar-refractivity contribution < 1.29 is 13.2 Å². The molecule has 2 aromatic carbocycles. The van der Waals surface area contributed by atoms with Gasteiger partial charge in [-0.2, -0.15) is 0 Å². The summed E-state index contributed by atoms with van der Waals surface area (Å²) in [6.07, 6.45) is 0. The zero-order valence-corrected chi connectivity index (χ0v) is 17.7. The summed E-state index contributed by atoms with van der Waals surface area (Å²) in [6, 6.07) is 14.0. The largest absolute Gasteiger partial charge is 0.497 e. The van der Waals surface area contributed by atoms with Crippen molar-refractivity contribution in [3.8, 4) is 5.75 Å². The molecule has 1 N–H and O–H groups in total. The normalized spacial score (nSPS) is 17.4. The van der Waals surface area contributed by atoms with Gasteiger partial charge in [0.05, 0.1) is 12.0 Å². The van der Waals surface area contributed by atoms with Crippen molar-refractivity contribution in [1.29, 1.82) is 0 Å². The van der Waals surface area contributed by atoms with Crippen molar-refractivity contribution in [1.82, 2.24) is 14.5 Å². The minimum Gasteiger partial charge on any atom is -0.497 e. The molecule has 1 heterocycles. The highest BCUT2D eigenvalue weighted by Crippen LogP contribution is 2.24. The van der Waals surface area contributed by atoms with Crippen molar-refractivity contribution in [3.05, 3.63) is 59.1 Å². The number of piperazine rings is 1. The predicted molar refractivity (Wildman–Crippen MR) is 111 cm³/mol. The number of nitrogens with zero attached hydrogens (tertiary/aromatic N) is 2. The van der Waals surface area contributed by atoms with Crippen LogP contribution in [0.4, 0.5) is 0 Å². The third-order valence-corrected chi connectivity index (χ3v) is 6.76. The quantitative estimate of drug-likeness (QED) is 0.741. The van der Waals surface area contributed by atoms with Crippen LogP contribution in [0.5, 0.6) is 5.75 Å². The van der Waals surface area contributed by atoms with Crippen LogP contribution in [-0.2, 0) is 10.0 Å². The zero-order chi connectivity index (χ0) is 20.1. The highest BCUT2D eigenvalue weighted by molar-refractivity contribution is 7.89. The summed E-state index contributed by atoms with van der Waals surface area (Å²) >= 11 is 5.87. The SMILES string of the molecule is COc1ccc([C@H](CNS(=O)(=O)c2ccc(Cl)cc2)N2CCN(C)CC2)cc1. The van der Waals surface area contributed by atoms with E-state index in [4.69, 9.17) is 16.3 Å². The molecule has 0 aromatic heterocycles. The van der Waals surface area contributed by atoms with E-state index >= 15 is 0 Å². The second kappa shape index (κ2) is 9.24. The number of methoxy groups -OCH3 is 1. The van der Waals surface area contributed by atoms with E-state index in [2.05, 4.69) is 21.6 Å². The summed E-state index contributed by atoms with van der Waals surface area (Å²) in [4.78, 5) is 4.81. The molecule has 0 radical (unpaired) electrons. The Balaban J connectivity index is 1.79. The number of rotatable bonds is 7. The molecular weight excluding hydrogens is 398 g/mol. The van der Waals surface area contributed by atoms with E-state index in [1.54, 1.807) is 19.2 Å². The molecule has 0 saturated carbocycles. The third-order valence-electron chi connectivity index (χ3n) is 5.07. The number of hydrogen-bond acceptors (Lipinski definition) is 5. The maximum absolute atomic E-state index is 12.7. The average molecular weight is 424 g/mol. The first-order valence-corrected chi connectivity index (χ1v) is 11.1. The zero-order valence-electron chi connectivity index (χ0n) is 16.1. The Morgan fingerprint density at radius 2 is 1.64 bits per heavy atom. The van der Waals surface area contributed by atoms with E-state index in [1.165, 1.54) is 12.1 Å². The molecule has 8 heteroatoms. The highest BCUT2D eigenvalue weighted by Gasteiger charge is 2.26. The van der Waals surface area contributed by atoms with E-state index < -0.39 is 10.0 Å². The summed E-state index contributed by atoms with van der Waals surface area (Å²) in [6.45, 7) is 3.97. The molecule has 1 fully saturated rings. The molecule has 0 bridgehead atoms. The molecule has 1 saturated heterocycles. The van der Waals surface area contributed by atoms with Gasteiger partial charge in [0.25, 0.3) is 0 Å². The average Bonchev–Trinajstić information content (AvgIpc) is 2.70. The fourth-order valence-corrected chi connectivity index (χ4v) is 4.47. The van der Waals surface area contributed by atoms with E-state index in [1.807, 2.05) is 24.3 Å². The van der Waals surface area contributed by atoms with E-state index in [0.717, 1.165) is 37.5 Å². The van der Waals surface area contributed by atoms with Gasteiger partial charge in [-0.3, -0.25) is 4.90 Å². The molecule has 2 aromatic rings. The van der Waals surface area contributed by atoms with E-state index in [9.17, 15) is 8.42 Å². The van der Waals surface area contributed by atoms with Crippen LogP contribution in [0, 0.1) is 0 Å². The Morgan fingerprint density at radius 1 is 1.04 bits per heavy atom. The maximum Gasteiger partial charge on any atom is 0.240 e. The number of ether oxygens (including phenoxy) is 1. The number of likely N-dealkylation sites (N-methyl/N-ethyl adjacent to an activating group) is 1. The Kier molecular flexibility index (Phi) is 6.95. The van der Waals surface area contributed by atoms with Gasteiger partial charge in [-0.05, 0) is 49.0 Å². The van der Waals surface area contributed by atoms with Gasteiger partial charge in [-0.1, -0.05) is 23.7 Å². The van der Waals surface area contributed by atoms with Gasteiger partial charge >= 0.3 is 0 Å². The summed E-state index contributed by atoms with van der Waals surface area (Å²) in [7, 11) is 0.120. The van der Waals surface area contributed by atoms with Crippen LogP contribution >= 0.6 is 11.6 Å². The van der Waals surface area contributed by atoms with E-state index in [0.29, 0.717) is 11.6 Å². The van der Waals surface area contributed by atoms with E-state index in [-0.39, 0.29) is 10.9 Å². The van der Waals surface area contributed by atoms with Crippen LogP contribution in [0.2, 0.25) is 5.02 Å². The molecule has 0 aliphatic carbocycles. The summed E-state index contributed by atoms with van der Waals surface area (Å²) in [5.41, 5.74) is 1.06. The van der Waals surface area contributed by atoms with Crippen molar-refractivity contribution in [2.24, 2.45) is 0 Å². The fraction of sp³-hybridized carbons (Fsp3) is 0.400. The second-order valence-corrected chi connectivity index (χ2v) is 9.14. The first kappa shape index (κ1) is 21.1. The summed E-state index contributed by atoms with van der Waals surface area (Å²) in [5.74, 6) is 0.780. The Bertz CT molecular complexity index is 865. The first-order chi connectivity index (χ1) is 13.4. The van der Waals surface area contributed by atoms with Gasteiger partial charge in [0, 0.05) is 43.8 Å². The number of halogens is 1. The summed E-state index contributed by atoms with van der Waals surface area (Å²) < 4.78 is 33.4. The number of benzene rings is 2. The molecule has 6 nitrogen and oxygen atoms in total. The van der Waals surface area contributed by atoms with Crippen LogP contribution in [-0.4, -0.2) is 65.1 Å². The molecule has 1 aliphatic heterocycles. The molecule has 0 spiro atoms. The topological polar surface area (TPSA) is 61.9 Å². The molecule has 28 heavy (non-hydrogen) atoms. The lowest BCUT2D eigenvalue weighted by molar-refractivity contribution is 0.113. The third kappa shape index (κ3) is 5.24. The van der Waals surface area contributed by atoms with Crippen LogP contribution in [0.3, 0.4) is 0 Å². The molecule has 1 atom stereocenters. The van der Waals surface area contributed by atoms with Crippen molar-refractivity contribution in [2.45, 2.75) is 10.9 Å². The van der Waals surface area contributed by atoms with Gasteiger partial charge in [-0.25, -0.2) is 13.1 Å². The first-order valence-electron chi connectivity index (χ1n) is 9.21. The van der Waals surface area contributed by atoms with Gasteiger partial charge in [0.15, 0.2) is 0 Å². The highest BCUT2D eigenvalue weighted by atomic mass is 35.5. The van der Waals surface area contributed by atoms with Crippen LogP contribution in [0.25, 0.3) is 0 Å². The minimum atomic E-state index is -3.61. The Labute approximate surface area is 172 Å². The number of sulfonamides is 1. The monoisotopic (exact) mass is 423 g/mol. The lowest BCUT2D eigenvalue weighted by atomic mass is 10.0. The fourth-order valence-electron chi connectivity index (χ4n) is 3.30.